The lowest BCUT2D eigenvalue weighted by molar-refractivity contribution is 0.441. The van der Waals surface area contributed by atoms with Gasteiger partial charge >= 0.3 is 0 Å². The molecule has 0 unspecified atom stereocenters. The molecule has 0 amide bonds. The number of anilines is 1. The van der Waals surface area contributed by atoms with Crippen molar-refractivity contribution in [3.8, 4) is 0 Å². The summed E-state index contributed by atoms with van der Waals surface area (Å²) in [5, 5.41) is 8.38. The predicted molar refractivity (Wildman–Crippen MR) is 76.8 cm³/mol. The van der Waals surface area contributed by atoms with Gasteiger partial charge < -0.3 is 9.32 Å². The molecule has 1 aliphatic heterocycles. The molecule has 2 aromatic rings. The molecule has 0 radical (unpaired) electrons. The topological polar surface area (TPSA) is 42.2 Å². The fraction of sp³-hybridized carbons (Fsp3) is 0.500. The first-order valence-electron chi connectivity index (χ1n) is 7.47. The minimum absolute atomic E-state index is 0.532. The maximum atomic E-state index is 5.79. The van der Waals surface area contributed by atoms with Gasteiger partial charge in [0.2, 0.25) is 11.8 Å². The molecule has 0 bridgehead atoms. The largest absolute Gasteiger partial charge is 0.423 e. The zero-order valence-corrected chi connectivity index (χ0v) is 11.7. The zero-order chi connectivity index (χ0) is 13.5. The van der Waals surface area contributed by atoms with E-state index in [1.165, 1.54) is 30.5 Å². The average molecular weight is 269 g/mol. The van der Waals surface area contributed by atoms with Crippen molar-refractivity contribution in [1.82, 2.24) is 10.2 Å². The van der Waals surface area contributed by atoms with Crippen LogP contribution in [-0.2, 0) is 6.54 Å². The highest BCUT2D eigenvalue weighted by Crippen LogP contribution is 2.39. The SMILES string of the molecule is C[C@@H]1CCN(Cc2nnc(C3CC3)o2)c2ccccc21. The third-order valence-electron chi connectivity index (χ3n) is 4.38. The third kappa shape index (κ3) is 2.09. The van der Waals surface area contributed by atoms with Crippen LogP contribution in [0.5, 0.6) is 0 Å². The summed E-state index contributed by atoms with van der Waals surface area (Å²) in [5.41, 5.74) is 2.75. The van der Waals surface area contributed by atoms with Crippen LogP contribution in [0.2, 0.25) is 0 Å². The minimum Gasteiger partial charge on any atom is -0.423 e. The van der Waals surface area contributed by atoms with Gasteiger partial charge in [-0.25, -0.2) is 0 Å². The highest BCUT2D eigenvalue weighted by atomic mass is 16.4. The van der Waals surface area contributed by atoms with E-state index in [1.54, 1.807) is 0 Å². The van der Waals surface area contributed by atoms with E-state index in [4.69, 9.17) is 4.42 Å². The van der Waals surface area contributed by atoms with Crippen molar-refractivity contribution in [3.05, 3.63) is 41.6 Å². The van der Waals surface area contributed by atoms with E-state index in [0.29, 0.717) is 11.8 Å². The molecule has 4 heteroatoms. The molecule has 2 heterocycles. The van der Waals surface area contributed by atoms with Gasteiger partial charge in [-0.15, -0.1) is 10.2 Å². The fourth-order valence-electron chi connectivity index (χ4n) is 2.97. The Balaban J connectivity index is 1.57. The van der Waals surface area contributed by atoms with Gasteiger partial charge in [-0.2, -0.15) is 0 Å². The average Bonchev–Trinajstić information content (AvgIpc) is 3.23. The maximum absolute atomic E-state index is 5.79. The van der Waals surface area contributed by atoms with Crippen LogP contribution in [-0.4, -0.2) is 16.7 Å². The number of rotatable bonds is 3. The zero-order valence-electron chi connectivity index (χ0n) is 11.7. The Morgan fingerprint density at radius 3 is 2.90 bits per heavy atom. The van der Waals surface area contributed by atoms with E-state index in [0.717, 1.165) is 24.9 Å². The Morgan fingerprint density at radius 1 is 1.20 bits per heavy atom. The summed E-state index contributed by atoms with van der Waals surface area (Å²) in [6.07, 6.45) is 3.58. The third-order valence-corrected chi connectivity index (χ3v) is 4.38. The van der Waals surface area contributed by atoms with E-state index in [-0.39, 0.29) is 0 Å². The number of fused-ring (bicyclic) bond motifs is 1. The molecule has 0 saturated heterocycles. The summed E-state index contributed by atoms with van der Waals surface area (Å²) in [7, 11) is 0. The number of para-hydroxylation sites is 1. The van der Waals surface area contributed by atoms with Crippen molar-refractivity contribution >= 4 is 5.69 Å². The lowest BCUT2D eigenvalue weighted by Crippen LogP contribution is -2.30. The Bertz CT molecular complexity index is 618. The van der Waals surface area contributed by atoms with Crippen molar-refractivity contribution in [2.75, 3.05) is 11.4 Å². The predicted octanol–water partition coefficient (Wildman–Crippen LogP) is 3.46. The molecule has 20 heavy (non-hydrogen) atoms. The van der Waals surface area contributed by atoms with Gasteiger partial charge in [0.15, 0.2) is 0 Å². The van der Waals surface area contributed by atoms with Gasteiger partial charge in [-0.1, -0.05) is 25.1 Å². The molecule has 1 aliphatic carbocycles. The molecule has 1 aromatic heterocycles. The number of hydrogen-bond donors (Lipinski definition) is 0. The van der Waals surface area contributed by atoms with Gasteiger partial charge in [0.1, 0.15) is 0 Å². The van der Waals surface area contributed by atoms with Crippen LogP contribution in [0.15, 0.2) is 28.7 Å². The van der Waals surface area contributed by atoms with Crippen LogP contribution >= 0.6 is 0 Å². The smallest absolute Gasteiger partial charge is 0.235 e. The van der Waals surface area contributed by atoms with E-state index in [2.05, 4.69) is 46.3 Å². The standard InChI is InChI=1S/C16H19N3O/c1-11-8-9-19(14-5-3-2-4-13(11)14)10-15-17-18-16(20-15)12-6-7-12/h2-5,11-12H,6-10H2,1H3/t11-/m1/s1. The summed E-state index contributed by atoms with van der Waals surface area (Å²) < 4.78 is 5.79. The van der Waals surface area contributed by atoms with E-state index >= 15 is 0 Å². The number of aromatic nitrogens is 2. The molecule has 4 nitrogen and oxygen atoms in total. The molecule has 1 saturated carbocycles. The van der Waals surface area contributed by atoms with Crippen LogP contribution in [0, 0.1) is 0 Å². The lowest BCUT2D eigenvalue weighted by atomic mass is 9.91. The van der Waals surface area contributed by atoms with Crippen molar-refractivity contribution in [1.29, 1.82) is 0 Å². The molecule has 1 fully saturated rings. The monoisotopic (exact) mass is 269 g/mol. The second kappa shape index (κ2) is 4.62. The van der Waals surface area contributed by atoms with Crippen molar-refractivity contribution < 1.29 is 4.42 Å². The van der Waals surface area contributed by atoms with Crippen LogP contribution in [0.4, 0.5) is 5.69 Å². The maximum Gasteiger partial charge on any atom is 0.235 e. The van der Waals surface area contributed by atoms with Gasteiger partial charge in [0, 0.05) is 18.2 Å². The second-order valence-corrected chi connectivity index (χ2v) is 5.98. The summed E-state index contributed by atoms with van der Waals surface area (Å²) in [5.74, 6) is 2.74. The van der Waals surface area contributed by atoms with Gasteiger partial charge in [-0.05, 0) is 36.8 Å². The van der Waals surface area contributed by atoms with Crippen LogP contribution in [0.3, 0.4) is 0 Å². The number of hydrogen-bond acceptors (Lipinski definition) is 4. The fourth-order valence-corrected chi connectivity index (χ4v) is 2.97. The quantitative estimate of drug-likeness (QED) is 0.855. The number of nitrogens with zero attached hydrogens (tertiary/aromatic N) is 3. The van der Waals surface area contributed by atoms with Crippen LogP contribution in [0.1, 0.15) is 55.4 Å². The molecular weight excluding hydrogens is 250 g/mol. The summed E-state index contributed by atoms with van der Waals surface area (Å²) >= 11 is 0. The van der Waals surface area contributed by atoms with Crippen LogP contribution in [0.25, 0.3) is 0 Å². The van der Waals surface area contributed by atoms with Gasteiger partial charge in [0.05, 0.1) is 6.54 Å². The summed E-state index contributed by atoms with van der Waals surface area (Å²) in [6, 6.07) is 8.66. The van der Waals surface area contributed by atoms with Crippen molar-refractivity contribution in [2.24, 2.45) is 0 Å². The van der Waals surface area contributed by atoms with Crippen LogP contribution < -0.4 is 4.90 Å². The highest BCUT2D eigenvalue weighted by molar-refractivity contribution is 5.56. The van der Waals surface area contributed by atoms with Gasteiger partial charge in [-0.3, -0.25) is 0 Å². The molecule has 1 aromatic carbocycles. The molecule has 1 atom stereocenters. The van der Waals surface area contributed by atoms with Gasteiger partial charge in [0.25, 0.3) is 0 Å². The molecule has 0 N–H and O–H groups in total. The molecule has 2 aliphatic rings. The minimum atomic E-state index is 0.532. The Kier molecular flexibility index (Phi) is 2.76. The van der Waals surface area contributed by atoms with E-state index < -0.39 is 0 Å². The molecule has 0 spiro atoms. The molecule has 4 rings (SSSR count). The normalized spacial score (nSPS) is 21.9. The van der Waals surface area contributed by atoms with Crippen molar-refractivity contribution in [3.63, 3.8) is 0 Å². The Labute approximate surface area is 118 Å². The summed E-state index contributed by atoms with van der Waals surface area (Å²) in [6.45, 7) is 4.08. The first kappa shape index (κ1) is 11.9. The van der Waals surface area contributed by atoms with Crippen molar-refractivity contribution in [2.45, 2.75) is 44.6 Å². The molecular formula is C16H19N3O. The van der Waals surface area contributed by atoms with E-state index in [1.807, 2.05) is 0 Å². The molecule has 104 valence electrons. The highest BCUT2D eigenvalue weighted by Gasteiger charge is 2.30. The Hall–Kier alpha value is -1.84. The number of benzene rings is 1. The second-order valence-electron chi connectivity index (χ2n) is 5.98. The Morgan fingerprint density at radius 2 is 2.05 bits per heavy atom. The first-order chi connectivity index (χ1) is 9.81. The lowest BCUT2D eigenvalue weighted by Gasteiger charge is -2.33. The van der Waals surface area contributed by atoms with E-state index in [9.17, 15) is 0 Å². The first-order valence-corrected chi connectivity index (χ1v) is 7.47. The summed E-state index contributed by atoms with van der Waals surface area (Å²) in [4.78, 5) is 2.36.